The van der Waals surface area contributed by atoms with Crippen LogP contribution in [0.4, 0.5) is 5.69 Å². The second-order valence-electron chi connectivity index (χ2n) is 5.19. The summed E-state index contributed by atoms with van der Waals surface area (Å²) in [6.07, 6.45) is 1.78. The smallest absolute Gasteiger partial charge is 0.268 e. The van der Waals surface area contributed by atoms with Crippen LogP contribution in [0.5, 0.6) is 0 Å². The molecule has 1 atom stereocenters. The zero-order chi connectivity index (χ0) is 17.5. The Morgan fingerprint density at radius 2 is 1.96 bits per heavy atom. The minimum Gasteiger partial charge on any atom is -0.383 e. The van der Waals surface area contributed by atoms with E-state index in [2.05, 4.69) is 17.4 Å². The lowest BCUT2D eigenvalue weighted by atomic mass is 10.1. The lowest BCUT2D eigenvalue weighted by Crippen LogP contribution is -2.26. The van der Waals surface area contributed by atoms with Gasteiger partial charge in [-0.3, -0.25) is 4.79 Å². The van der Waals surface area contributed by atoms with Crippen molar-refractivity contribution in [3.63, 3.8) is 0 Å². The second-order valence-corrected chi connectivity index (χ2v) is 6.03. The van der Waals surface area contributed by atoms with Crippen LogP contribution in [0.2, 0.25) is 10.0 Å². The molecule has 2 aromatic rings. The number of carbonyl (C=O) groups is 1. The number of nitrogens with zero attached hydrogens (tertiary/aromatic N) is 1. The number of halogens is 2. The van der Waals surface area contributed by atoms with Crippen molar-refractivity contribution < 1.29 is 9.63 Å². The Hall–Kier alpha value is -2.04. The standard InChI is InChI=1S/C18H18Cl2N2O2/c1-3-13-4-6-14(7-5-13)11-21-24-12(2)18(23)22-17-10-15(19)8-9-16(17)20/h4-12H,3H2,1-2H3,(H,22,23)/b21-11-/t12-/m0/s1. The topological polar surface area (TPSA) is 50.7 Å². The van der Waals surface area contributed by atoms with E-state index >= 15 is 0 Å². The summed E-state index contributed by atoms with van der Waals surface area (Å²) in [7, 11) is 0. The molecule has 0 saturated carbocycles. The van der Waals surface area contributed by atoms with Gasteiger partial charge >= 0.3 is 0 Å². The zero-order valence-corrected chi connectivity index (χ0v) is 14.9. The van der Waals surface area contributed by atoms with Crippen LogP contribution in [0.15, 0.2) is 47.6 Å². The fraction of sp³-hybridized carbons (Fsp3) is 0.222. The van der Waals surface area contributed by atoms with Crippen LogP contribution in [0, 0.1) is 0 Å². The number of anilines is 1. The fourth-order valence-corrected chi connectivity index (χ4v) is 2.23. The van der Waals surface area contributed by atoms with Crippen LogP contribution in [-0.4, -0.2) is 18.2 Å². The van der Waals surface area contributed by atoms with Crippen molar-refractivity contribution in [2.75, 3.05) is 5.32 Å². The lowest BCUT2D eigenvalue weighted by molar-refractivity contribution is -0.126. The highest BCUT2D eigenvalue weighted by Gasteiger charge is 2.15. The van der Waals surface area contributed by atoms with E-state index in [0.29, 0.717) is 15.7 Å². The van der Waals surface area contributed by atoms with Crippen molar-refractivity contribution in [3.8, 4) is 0 Å². The van der Waals surface area contributed by atoms with Crippen LogP contribution < -0.4 is 5.32 Å². The number of carbonyl (C=O) groups excluding carboxylic acids is 1. The summed E-state index contributed by atoms with van der Waals surface area (Å²) in [6, 6.07) is 12.8. The van der Waals surface area contributed by atoms with E-state index in [1.54, 1.807) is 31.3 Å². The van der Waals surface area contributed by atoms with Crippen LogP contribution in [0.25, 0.3) is 0 Å². The van der Waals surface area contributed by atoms with Crippen LogP contribution in [0.3, 0.4) is 0 Å². The first-order chi connectivity index (χ1) is 11.5. The number of oxime groups is 1. The van der Waals surface area contributed by atoms with E-state index in [0.717, 1.165) is 12.0 Å². The Bertz CT molecular complexity index is 730. The molecule has 6 heteroatoms. The molecular weight excluding hydrogens is 347 g/mol. The van der Waals surface area contributed by atoms with Gasteiger partial charge < -0.3 is 10.2 Å². The Morgan fingerprint density at radius 1 is 1.25 bits per heavy atom. The molecule has 0 radical (unpaired) electrons. The summed E-state index contributed by atoms with van der Waals surface area (Å²) < 4.78 is 0. The molecule has 0 heterocycles. The quantitative estimate of drug-likeness (QED) is 0.583. The number of nitrogens with one attached hydrogen (secondary N) is 1. The van der Waals surface area contributed by atoms with Gasteiger partial charge in [-0.05, 0) is 42.7 Å². The van der Waals surface area contributed by atoms with Crippen LogP contribution in [0.1, 0.15) is 25.0 Å². The minimum atomic E-state index is -0.772. The van der Waals surface area contributed by atoms with E-state index in [9.17, 15) is 4.79 Å². The highest BCUT2D eigenvalue weighted by Crippen LogP contribution is 2.25. The van der Waals surface area contributed by atoms with E-state index < -0.39 is 6.10 Å². The van der Waals surface area contributed by atoms with Gasteiger partial charge in [0.05, 0.1) is 16.9 Å². The van der Waals surface area contributed by atoms with E-state index in [1.807, 2.05) is 24.3 Å². The summed E-state index contributed by atoms with van der Waals surface area (Å²) in [4.78, 5) is 17.3. The first-order valence-corrected chi connectivity index (χ1v) is 8.29. The zero-order valence-electron chi connectivity index (χ0n) is 13.4. The van der Waals surface area contributed by atoms with E-state index in [1.165, 1.54) is 5.56 Å². The molecule has 126 valence electrons. The number of benzene rings is 2. The monoisotopic (exact) mass is 364 g/mol. The first kappa shape index (κ1) is 18.3. The second kappa shape index (κ2) is 8.71. The fourth-order valence-electron chi connectivity index (χ4n) is 1.90. The maximum Gasteiger partial charge on any atom is 0.268 e. The average molecular weight is 365 g/mol. The number of amides is 1. The normalized spacial score (nSPS) is 12.2. The van der Waals surface area contributed by atoms with Gasteiger partial charge in [0, 0.05) is 5.02 Å². The van der Waals surface area contributed by atoms with Gasteiger partial charge in [0.25, 0.3) is 5.91 Å². The third kappa shape index (κ3) is 5.25. The molecule has 0 aliphatic rings. The van der Waals surface area contributed by atoms with Gasteiger partial charge in [-0.25, -0.2) is 0 Å². The molecule has 0 aromatic heterocycles. The SMILES string of the molecule is CCc1ccc(/C=N\O[C@@H](C)C(=O)Nc2cc(Cl)ccc2Cl)cc1. The van der Waals surface area contributed by atoms with E-state index in [-0.39, 0.29) is 5.91 Å². The van der Waals surface area contributed by atoms with Gasteiger partial charge in [0.15, 0.2) is 0 Å². The Labute approximate surface area is 151 Å². The Kier molecular flexibility index (Phi) is 6.64. The van der Waals surface area contributed by atoms with Crippen molar-refractivity contribution in [1.29, 1.82) is 0 Å². The molecule has 1 amide bonds. The molecule has 0 aliphatic heterocycles. The maximum absolute atomic E-state index is 12.1. The number of aryl methyl sites for hydroxylation is 1. The minimum absolute atomic E-state index is 0.363. The van der Waals surface area contributed by atoms with Gasteiger partial charge in [0.1, 0.15) is 0 Å². The highest BCUT2D eigenvalue weighted by atomic mass is 35.5. The number of rotatable bonds is 6. The molecule has 1 N–H and O–H groups in total. The molecule has 4 nitrogen and oxygen atoms in total. The summed E-state index contributed by atoms with van der Waals surface area (Å²) >= 11 is 11.9. The van der Waals surface area contributed by atoms with Crippen LogP contribution in [-0.2, 0) is 16.1 Å². The third-order valence-corrected chi connectivity index (χ3v) is 3.93. The molecule has 0 unspecified atom stereocenters. The molecule has 0 fully saturated rings. The van der Waals surface area contributed by atoms with Crippen molar-refractivity contribution in [1.82, 2.24) is 0 Å². The van der Waals surface area contributed by atoms with Gasteiger partial charge in [-0.15, -0.1) is 0 Å². The molecular formula is C18H18Cl2N2O2. The van der Waals surface area contributed by atoms with E-state index in [4.69, 9.17) is 28.0 Å². The lowest BCUT2D eigenvalue weighted by Gasteiger charge is -2.11. The van der Waals surface area contributed by atoms with Crippen molar-refractivity contribution >= 4 is 41.0 Å². The van der Waals surface area contributed by atoms with Crippen molar-refractivity contribution in [3.05, 3.63) is 63.6 Å². The number of hydrogen-bond donors (Lipinski definition) is 1. The highest BCUT2D eigenvalue weighted by molar-refractivity contribution is 6.35. The van der Waals surface area contributed by atoms with Crippen molar-refractivity contribution in [2.24, 2.45) is 5.16 Å². The molecule has 0 bridgehead atoms. The summed E-state index contributed by atoms with van der Waals surface area (Å²) in [5.41, 5.74) is 2.58. The third-order valence-electron chi connectivity index (χ3n) is 3.36. The molecule has 24 heavy (non-hydrogen) atoms. The summed E-state index contributed by atoms with van der Waals surface area (Å²) in [6.45, 7) is 3.70. The molecule has 0 spiro atoms. The van der Waals surface area contributed by atoms with Gasteiger partial charge in [-0.1, -0.05) is 59.5 Å². The average Bonchev–Trinajstić information content (AvgIpc) is 2.58. The van der Waals surface area contributed by atoms with Crippen LogP contribution >= 0.6 is 23.2 Å². The number of hydrogen-bond acceptors (Lipinski definition) is 3. The molecule has 2 aromatic carbocycles. The predicted molar refractivity (Wildman–Crippen MR) is 99.1 cm³/mol. The summed E-state index contributed by atoms with van der Waals surface area (Å²) in [5, 5.41) is 7.40. The Balaban J connectivity index is 1.91. The molecule has 0 saturated heterocycles. The molecule has 2 rings (SSSR count). The Morgan fingerprint density at radius 3 is 2.62 bits per heavy atom. The molecule has 0 aliphatic carbocycles. The maximum atomic E-state index is 12.1. The largest absolute Gasteiger partial charge is 0.383 e. The van der Waals surface area contributed by atoms with Crippen molar-refractivity contribution in [2.45, 2.75) is 26.4 Å². The predicted octanol–water partition coefficient (Wildman–Crippen LogP) is 4.93. The summed E-state index contributed by atoms with van der Waals surface area (Å²) in [5.74, 6) is -0.363. The first-order valence-electron chi connectivity index (χ1n) is 7.53. The van der Waals surface area contributed by atoms with Gasteiger partial charge in [-0.2, -0.15) is 0 Å². The van der Waals surface area contributed by atoms with Gasteiger partial charge in [0.2, 0.25) is 6.10 Å².